The van der Waals surface area contributed by atoms with Crippen molar-refractivity contribution in [1.82, 2.24) is 0 Å². The highest BCUT2D eigenvalue weighted by atomic mass is 32.1. The van der Waals surface area contributed by atoms with E-state index in [1.54, 1.807) is 0 Å². The number of rotatable bonds is 5. The number of carboxylic acids is 1. The summed E-state index contributed by atoms with van der Waals surface area (Å²) in [4.78, 5) is 25.5. The van der Waals surface area contributed by atoms with Crippen LogP contribution in [0, 0.1) is 6.92 Å². The molecule has 1 aromatic heterocycles. The number of amides is 1. The third kappa shape index (κ3) is 3.24. The summed E-state index contributed by atoms with van der Waals surface area (Å²) in [6.07, 6.45) is -0.0783. The molecule has 20 heavy (non-hydrogen) atoms. The zero-order chi connectivity index (χ0) is 14.5. The molecule has 0 saturated heterocycles. The highest BCUT2D eigenvalue weighted by Gasteiger charge is 2.20. The minimum atomic E-state index is -0.915. The lowest BCUT2D eigenvalue weighted by Gasteiger charge is -2.22. The zero-order valence-electron chi connectivity index (χ0n) is 11.1. The van der Waals surface area contributed by atoms with Crippen molar-refractivity contribution in [1.29, 1.82) is 0 Å². The minimum absolute atomic E-state index is 0.0783. The fourth-order valence-electron chi connectivity index (χ4n) is 1.88. The lowest BCUT2D eigenvalue weighted by molar-refractivity contribution is -0.136. The van der Waals surface area contributed by atoms with Gasteiger partial charge in [-0.3, -0.25) is 9.59 Å². The van der Waals surface area contributed by atoms with Crippen LogP contribution in [0.25, 0.3) is 0 Å². The molecule has 0 atom stereocenters. The Labute approximate surface area is 121 Å². The summed E-state index contributed by atoms with van der Waals surface area (Å²) >= 11 is 1.38. The van der Waals surface area contributed by atoms with E-state index in [2.05, 4.69) is 0 Å². The van der Waals surface area contributed by atoms with Crippen LogP contribution in [0.1, 0.15) is 21.7 Å². The predicted octanol–water partition coefficient (Wildman–Crippen LogP) is 3.18. The number of aliphatic carboxylic acids is 1. The van der Waals surface area contributed by atoms with Gasteiger partial charge in [-0.25, -0.2) is 0 Å². The Bertz CT molecular complexity index is 607. The Hall–Kier alpha value is -2.14. The summed E-state index contributed by atoms with van der Waals surface area (Å²) in [5.74, 6) is -1.06. The molecule has 0 saturated carbocycles. The molecule has 0 aliphatic heterocycles. The van der Waals surface area contributed by atoms with E-state index in [4.69, 9.17) is 5.11 Å². The summed E-state index contributed by atoms with van der Waals surface area (Å²) in [5.41, 5.74) is 1.63. The number of carboxylic acid groups (broad SMARTS) is 1. The summed E-state index contributed by atoms with van der Waals surface area (Å²) < 4.78 is 0. The average Bonchev–Trinajstić information content (AvgIpc) is 2.86. The summed E-state index contributed by atoms with van der Waals surface area (Å²) in [5, 5.41) is 10.7. The van der Waals surface area contributed by atoms with Crippen LogP contribution in [-0.4, -0.2) is 23.5 Å². The maximum absolute atomic E-state index is 12.6. The number of aryl methyl sites for hydroxylation is 1. The van der Waals surface area contributed by atoms with Crippen LogP contribution < -0.4 is 4.90 Å². The number of carbonyl (C=O) groups is 2. The van der Waals surface area contributed by atoms with Gasteiger partial charge in [0.2, 0.25) is 0 Å². The Morgan fingerprint density at radius 1 is 1.20 bits per heavy atom. The van der Waals surface area contributed by atoms with Crippen LogP contribution in [0.5, 0.6) is 0 Å². The largest absolute Gasteiger partial charge is 0.481 e. The first-order chi connectivity index (χ1) is 9.59. The normalized spacial score (nSPS) is 10.2. The average molecular weight is 289 g/mol. The molecular formula is C15H15NO3S. The maximum Gasteiger partial charge on any atom is 0.305 e. The molecule has 0 fully saturated rings. The minimum Gasteiger partial charge on any atom is -0.481 e. The van der Waals surface area contributed by atoms with Gasteiger partial charge >= 0.3 is 5.97 Å². The van der Waals surface area contributed by atoms with Crippen molar-refractivity contribution in [3.63, 3.8) is 0 Å². The molecular weight excluding hydrogens is 274 g/mol. The van der Waals surface area contributed by atoms with E-state index >= 15 is 0 Å². The van der Waals surface area contributed by atoms with Gasteiger partial charge in [-0.15, -0.1) is 11.3 Å². The molecule has 0 aliphatic rings. The molecule has 2 rings (SSSR count). The second kappa shape index (κ2) is 6.34. The lowest BCUT2D eigenvalue weighted by Crippen LogP contribution is -2.32. The van der Waals surface area contributed by atoms with E-state index in [1.807, 2.05) is 48.7 Å². The van der Waals surface area contributed by atoms with Gasteiger partial charge in [0.1, 0.15) is 0 Å². The van der Waals surface area contributed by atoms with E-state index in [0.717, 1.165) is 5.56 Å². The van der Waals surface area contributed by atoms with Crippen molar-refractivity contribution >= 4 is 28.9 Å². The first kappa shape index (κ1) is 14.3. The van der Waals surface area contributed by atoms with E-state index in [0.29, 0.717) is 10.6 Å². The number of benzene rings is 1. The Morgan fingerprint density at radius 3 is 2.45 bits per heavy atom. The van der Waals surface area contributed by atoms with E-state index in [9.17, 15) is 9.59 Å². The lowest BCUT2D eigenvalue weighted by atomic mass is 10.2. The first-order valence-electron chi connectivity index (χ1n) is 6.22. The molecule has 0 aliphatic carbocycles. The highest BCUT2D eigenvalue weighted by Crippen LogP contribution is 2.22. The molecule has 0 spiro atoms. The Morgan fingerprint density at radius 2 is 1.90 bits per heavy atom. The smallest absolute Gasteiger partial charge is 0.305 e. The van der Waals surface area contributed by atoms with Gasteiger partial charge in [0.05, 0.1) is 11.3 Å². The van der Waals surface area contributed by atoms with Crippen LogP contribution in [-0.2, 0) is 4.79 Å². The summed E-state index contributed by atoms with van der Waals surface area (Å²) in [6.45, 7) is 2.04. The molecule has 0 radical (unpaired) electrons. The number of para-hydroxylation sites is 1. The fourth-order valence-corrected chi connectivity index (χ4v) is 2.75. The van der Waals surface area contributed by atoms with Crippen LogP contribution in [0.15, 0.2) is 41.8 Å². The SMILES string of the molecule is Cc1ccsc1C(=O)N(CCC(=O)O)c1ccccc1. The van der Waals surface area contributed by atoms with Crippen molar-refractivity contribution in [2.24, 2.45) is 0 Å². The van der Waals surface area contributed by atoms with Gasteiger partial charge in [-0.2, -0.15) is 0 Å². The molecule has 1 aromatic carbocycles. The predicted molar refractivity (Wildman–Crippen MR) is 79.4 cm³/mol. The third-order valence-electron chi connectivity index (χ3n) is 2.92. The van der Waals surface area contributed by atoms with Gasteiger partial charge in [-0.1, -0.05) is 18.2 Å². The zero-order valence-corrected chi connectivity index (χ0v) is 11.9. The topological polar surface area (TPSA) is 57.6 Å². The quantitative estimate of drug-likeness (QED) is 0.919. The van der Waals surface area contributed by atoms with Crippen molar-refractivity contribution in [2.75, 3.05) is 11.4 Å². The van der Waals surface area contributed by atoms with Crippen LogP contribution in [0.2, 0.25) is 0 Å². The Kier molecular flexibility index (Phi) is 4.53. The van der Waals surface area contributed by atoms with Crippen molar-refractivity contribution in [3.8, 4) is 0 Å². The van der Waals surface area contributed by atoms with E-state index in [-0.39, 0.29) is 18.9 Å². The number of nitrogens with zero attached hydrogens (tertiary/aromatic N) is 1. The van der Waals surface area contributed by atoms with Crippen LogP contribution >= 0.6 is 11.3 Å². The summed E-state index contributed by atoms with van der Waals surface area (Å²) in [7, 11) is 0. The van der Waals surface area contributed by atoms with Crippen molar-refractivity contribution in [3.05, 3.63) is 52.2 Å². The second-order valence-corrected chi connectivity index (χ2v) is 5.28. The molecule has 1 amide bonds. The monoisotopic (exact) mass is 289 g/mol. The molecule has 0 unspecified atom stereocenters. The van der Waals surface area contributed by atoms with Gasteiger partial charge in [0.25, 0.3) is 5.91 Å². The standard InChI is InChI=1S/C15H15NO3S/c1-11-8-10-20-14(11)15(19)16(9-7-13(17)18)12-5-3-2-4-6-12/h2-6,8,10H,7,9H2,1H3,(H,17,18). The van der Waals surface area contributed by atoms with Crippen LogP contribution in [0.4, 0.5) is 5.69 Å². The molecule has 0 bridgehead atoms. The number of hydrogen-bond acceptors (Lipinski definition) is 3. The van der Waals surface area contributed by atoms with Crippen LogP contribution in [0.3, 0.4) is 0 Å². The van der Waals surface area contributed by atoms with Gasteiger partial charge in [0.15, 0.2) is 0 Å². The molecule has 2 aromatic rings. The number of carbonyl (C=O) groups excluding carboxylic acids is 1. The second-order valence-electron chi connectivity index (χ2n) is 4.37. The molecule has 104 valence electrons. The number of hydrogen-bond donors (Lipinski definition) is 1. The van der Waals surface area contributed by atoms with Gasteiger partial charge < -0.3 is 10.0 Å². The highest BCUT2D eigenvalue weighted by molar-refractivity contribution is 7.12. The number of anilines is 1. The molecule has 4 nitrogen and oxygen atoms in total. The van der Waals surface area contributed by atoms with Gasteiger partial charge in [-0.05, 0) is 36.1 Å². The molecule has 5 heteroatoms. The van der Waals surface area contributed by atoms with Crippen molar-refractivity contribution in [2.45, 2.75) is 13.3 Å². The molecule has 1 N–H and O–H groups in total. The van der Waals surface area contributed by atoms with E-state index < -0.39 is 5.97 Å². The Balaban J connectivity index is 2.29. The van der Waals surface area contributed by atoms with E-state index in [1.165, 1.54) is 16.2 Å². The third-order valence-corrected chi connectivity index (χ3v) is 3.92. The summed E-state index contributed by atoms with van der Waals surface area (Å²) in [6, 6.07) is 11.0. The van der Waals surface area contributed by atoms with Crippen molar-refractivity contribution < 1.29 is 14.7 Å². The van der Waals surface area contributed by atoms with Gasteiger partial charge in [0, 0.05) is 12.2 Å². The number of thiophene rings is 1. The molecule has 1 heterocycles. The first-order valence-corrected chi connectivity index (χ1v) is 7.10. The maximum atomic E-state index is 12.6. The fraction of sp³-hybridized carbons (Fsp3) is 0.200.